The number of carbonyl (C=O) groups is 2. The number of hydrogen-bond donors (Lipinski definition) is 1. The molecule has 0 saturated carbocycles. The molecule has 0 aliphatic carbocycles. The number of rotatable bonds is 2. The van der Waals surface area contributed by atoms with Gasteiger partial charge in [0.2, 0.25) is 0 Å². The molecule has 2 aromatic rings. The van der Waals surface area contributed by atoms with Crippen molar-refractivity contribution in [3.63, 3.8) is 0 Å². The van der Waals surface area contributed by atoms with Gasteiger partial charge < -0.3 is 15.0 Å². The number of fused-ring (bicyclic) bond motifs is 1. The lowest BCUT2D eigenvalue weighted by Gasteiger charge is -2.31. The van der Waals surface area contributed by atoms with Crippen molar-refractivity contribution in [2.24, 2.45) is 0 Å². The summed E-state index contributed by atoms with van der Waals surface area (Å²) in [6.45, 7) is 0.738. The smallest absolute Gasteiger partial charge is 0.262 e. The van der Waals surface area contributed by atoms with Crippen molar-refractivity contribution in [2.45, 2.75) is 31.7 Å². The number of anilines is 1. The normalized spacial score (nSPS) is 19.8. The molecule has 4 rings (SSSR count). The molecule has 1 atom stereocenters. The number of pyridine rings is 1. The van der Waals surface area contributed by atoms with E-state index in [2.05, 4.69) is 10.3 Å². The van der Waals surface area contributed by atoms with Crippen LogP contribution in [0.1, 0.15) is 47.6 Å². The van der Waals surface area contributed by atoms with Gasteiger partial charge in [0.15, 0.2) is 6.61 Å². The largest absolute Gasteiger partial charge is 0.482 e. The van der Waals surface area contributed by atoms with Crippen LogP contribution in [0.2, 0.25) is 0 Å². The Hall–Kier alpha value is -2.89. The molecule has 1 fully saturated rings. The molecule has 1 aromatic heterocycles. The summed E-state index contributed by atoms with van der Waals surface area (Å²) >= 11 is 0. The van der Waals surface area contributed by atoms with E-state index in [1.807, 2.05) is 17.0 Å². The molecule has 0 unspecified atom stereocenters. The van der Waals surface area contributed by atoms with Crippen molar-refractivity contribution in [3.8, 4) is 5.75 Å². The number of nitrogens with one attached hydrogen (secondary N) is 1. The predicted molar refractivity (Wildman–Crippen MR) is 97.0 cm³/mol. The van der Waals surface area contributed by atoms with Crippen molar-refractivity contribution >= 4 is 17.5 Å². The summed E-state index contributed by atoms with van der Waals surface area (Å²) in [5.41, 5.74) is 2.24. The Morgan fingerprint density at radius 2 is 2.00 bits per heavy atom. The number of amides is 2. The van der Waals surface area contributed by atoms with E-state index in [4.69, 9.17) is 4.74 Å². The van der Waals surface area contributed by atoms with E-state index in [0.29, 0.717) is 17.0 Å². The van der Waals surface area contributed by atoms with Crippen LogP contribution >= 0.6 is 0 Å². The van der Waals surface area contributed by atoms with Crippen LogP contribution in [-0.4, -0.2) is 34.8 Å². The van der Waals surface area contributed by atoms with Gasteiger partial charge in [-0.15, -0.1) is 0 Å². The molecule has 2 amide bonds. The van der Waals surface area contributed by atoms with Gasteiger partial charge in [-0.25, -0.2) is 0 Å². The van der Waals surface area contributed by atoms with E-state index in [1.54, 1.807) is 30.6 Å². The van der Waals surface area contributed by atoms with Crippen LogP contribution in [0, 0.1) is 0 Å². The van der Waals surface area contributed by atoms with Gasteiger partial charge in [-0.2, -0.15) is 0 Å². The lowest BCUT2D eigenvalue weighted by atomic mass is 10.0. The topological polar surface area (TPSA) is 71.5 Å². The Labute approximate surface area is 152 Å². The Balaban J connectivity index is 1.64. The van der Waals surface area contributed by atoms with Gasteiger partial charge >= 0.3 is 0 Å². The van der Waals surface area contributed by atoms with Crippen molar-refractivity contribution in [2.75, 3.05) is 18.5 Å². The first kappa shape index (κ1) is 16.6. The summed E-state index contributed by atoms with van der Waals surface area (Å²) in [5.74, 6) is 0.380. The Morgan fingerprint density at radius 1 is 1.15 bits per heavy atom. The molecule has 2 aliphatic heterocycles. The molecule has 26 heavy (non-hydrogen) atoms. The van der Waals surface area contributed by atoms with Crippen LogP contribution in [0.25, 0.3) is 0 Å². The molecule has 3 heterocycles. The molecule has 1 saturated heterocycles. The number of hydrogen-bond acceptors (Lipinski definition) is 4. The predicted octanol–water partition coefficient (Wildman–Crippen LogP) is 3.17. The molecule has 0 radical (unpaired) electrons. The van der Waals surface area contributed by atoms with Gasteiger partial charge in [0.05, 0.1) is 11.7 Å². The fourth-order valence-electron chi connectivity index (χ4n) is 3.67. The second-order valence-corrected chi connectivity index (χ2v) is 6.69. The SMILES string of the molecule is O=C1COc2ccc(C(=O)N3CCCCC[C@H]3c3ccncc3)cc2N1. The zero-order valence-electron chi connectivity index (χ0n) is 14.5. The fourth-order valence-corrected chi connectivity index (χ4v) is 3.67. The number of benzene rings is 1. The molecule has 0 spiro atoms. The third-order valence-corrected chi connectivity index (χ3v) is 4.96. The number of nitrogens with zero attached hydrogens (tertiary/aromatic N) is 2. The van der Waals surface area contributed by atoms with Gasteiger partial charge in [0.1, 0.15) is 5.75 Å². The zero-order valence-corrected chi connectivity index (χ0v) is 14.5. The summed E-state index contributed by atoms with van der Waals surface area (Å²) in [4.78, 5) is 30.9. The highest BCUT2D eigenvalue weighted by Crippen LogP contribution is 2.33. The molecule has 1 aromatic carbocycles. The number of likely N-dealkylation sites (tertiary alicyclic amines) is 1. The summed E-state index contributed by atoms with van der Waals surface area (Å²) in [7, 11) is 0. The molecular weight excluding hydrogens is 330 g/mol. The zero-order chi connectivity index (χ0) is 17.9. The Kier molecular flexibility index (Phi) is 4.56. The summed E-state index contributed by atoms with van der Waals surface area (Å²) in [5, 5.41) is 2.77. The fraction of sp³-hybridized carbons (Fsp3) is 0.350. The summed E-state index contributed by atoms with van der Waals surface area (Å²) in [6, 6.07) is 9.25. The van der Waals surface area contributed by atoms with E-state index in [1.165, 1.54) is 0 Å². The maximum Gasteiger partial charge on any atom is 0.262 e. The highest BCUT2D eigenvalue weighted by molar-refractivity contribution is 6.00. The van der Waals surface area contributed by atoms with Crippen LogP contribution in [0.3, 0.4) is 0 Å². The summed E-state index contributed by atoms with van der Waals surface area (Å²) < 4.78 is 5.38. The van der Waals surface area contributed by atoms with E-state index in [-0.39, 0.29) is 24.5 Å². The average Bonchev–Trinajstić information content (AvgIpc) is 2.93. The second kappa shape index (κ2) is 7.15. The van der Waals surface area contributed by atoms with Gasteiger partial charge in [-0.3, -0.25) is 14.6 Å². The molecule has 2 aliphatic rings. The molecule has 134 valence electrons. The van der Waals surface area contributed by atoms with E-state index >= 15 is 0 Å². The molecule has 1 N–H and O–H groups in total. The first-order valence-corrected chi connectivity index (χ1v) is 9.00. The first-order valence-electron chi connectivity index (χ1n) is 9.00. The maximum absolute atomic E-state index is 13.3. The third kappa shape index (κ3) is 3.27. The maximum atomic E-state index is 13.3. The quantitative estimate of drug-likeness (QED) is 0.902. The van der Waals surface area contributed by atoms with E-state index in [0.717, 1.165) is 37.8 Å². The first-order chi connectivity index (χ1) is 12.7. The lowest BCUT2D eigenvalue weighted by Crippen LogP contribution is -2.35. The Bertz CT molecular complexity index is 822. The van der Waals surface area contributed by atoms with Crippen LogP contribution in [-0.2, 0) is 4.79 Å². The molecule has 6 nitrogen and oxygen atoms in total. The monoisotopic (exact) mass is 351 g/mol. The van der Waals surface area contributed by atoms with Crippen molar-refractivity contribution < 1.29 is 14.3 Å². The van der Waals surface area contributed by atoms with Gasteiger partial charge in [0, 0.05) is 24.5 Å². The van der Waals surface area contributed by atoms with Crippen molar-refractivity contribution in [3.05, 3.63) is 53.9 Å². The number of carbonyl (C=O) groups excluding carboxylic acids is 2. The van der Waals surface area contributed by atoms with Crippen LogP contribution in [0.15, 0.2) is 42.7 Å². The van der Waals surface area contributed by atoms with Crippen molar-refractivity contribution in [1.29, 1.82) is 0 Å². The molecule has 6 heteroatoms. The lowest BCUT2D eigenvalue weighted by molar-refractivity contribution is -0.118. The van der Waals surface area contributed by atoms with Crippen LogP contribution in [0.4, 0.5) is 5.69 Å². The number of aromatic nitrogens is 1. The number of ether oxygens (including phenoxy) is 1. The van der Waals surface area contributed by atoms with Crippen LogP contribution < -0.4 is 10.1 Å². The Morgan fingerprint density at radius 3 is 2.85 bits per heavy atom. The minimum atomic E-state index is -0.202. The van der Waals surface area contributed by atoms with Crippen LogP contribution in [0.5, 0.6) is 5.75 Å². The van der Waals surface area contributed by atoms with Gasteiger partial charge in [0.25, 0.3) is 11.8 Å². The molecular formula is C20H21N3O3. The highest BCUT2D eigenvalue weighted by atomic mass is 16.5. The van der Waals surface area contributed by atoms with Gasteiger partial charge in [-0.1, -0.05) is 12.8 Å². The summed E-state index contributed by atoms with van der Waals surface area (Å²) in [6.07, 6.45) is 7.71. The minimum absolute atomic E-state index is 0.0105. The average molecular weight is 351 g/mol. The standard InChI is InChI=1S/C20H21N3O3/c24-19-13-26-18-6-5-15(12-16(18)22-19)20(25)23-11-3-1-2-4-17(23)14-7-9-21-10-8-14/h5-10,12,17H,1-4,11,13H2,(H,22,24)/t17-/m0/s1. The minimum Gasteiger partial charge on any atom is -0.482 e. The van der Waals surface area contributed by atoms with E-state index in [9.17, 15) is 9.59 Å². The van der Waals surface area contributed by atoms with Crippen molar-refractivity contribution in [1.82, 2.24) is 9.88 Å². The van der Waals surface area contributed by atoms with E-state index < -0.39 is 0 Å². The highest BCUT2D eigenvalue weighted by Gasteiger charge is 2.28. The second-order valence-electron chi connectivity index (χ2n) is 6.69. The van der Waals surface area contributed by atoms with Gasteiger partial charge in [-0.05, 0) is 48.7 Å². The molecule has 0 bridgehead atoms. The third-order valence-electron chi connectivity index (χ3n) is 4.96.